The lowest BCUT2D eigenvalue weighted by atomic mass is 9.86. The molecule has 2 unspecified atom stereocenters. The second-order valence-corrected chi connectivity index (χ2v) is 8.93. The van der Waals surface area contributed by atoms with Gasteiger partial charge in [-0.25, -0.2) is 0 Å². The van der Waals surface area contributed by atoms with E-state index in [4.69, 9.17) is 0 Å². The largest absolute Gasteiger partial charge is 0.0654 e. The van der Waals surface area contributed by atoms with Crippen LogP contribution < -0.4 is 0 Å². The van der Waals surface area contributed by atoms with Gasteiger partial charge < -0.3 is 0 Å². The van der Waals surface area contributed by atoms with Crippen molar-refractivity contribution in [3.05, 3.63) is 6.92 Å². The monoisotopic (exact) mass is 365 g/mol. The predicted octanol–water partition coefficient (Wildman–Crippen LogP) is 9.91. The second kappa shape index (κ2) is 21.3. The molecule has 0 aromatic heterocycles. The molecule has 157 valence electrons. The van der Waals surface area contributed by atoms with Gasteiger partial charge >= 0.3 is 0 Å². The summed E-state index contributed by atoms with van der Waals surface area (Å²) in [4.78, 5) is 0. The SMILES string of the molecule is [CH2]C(CCC)CC(CCC)CCCCCCCCCCCCCCCC. The number of hydrogen-bond donors (Lipinski definition) is 0. The highest BCUT2D eigenvalue weighted by atomic mass is 14.2. The molecular weight excluding hydrogens is 312 g/mol. The van der Waals surface area contributed by atoms with Gasteiger partial charge in [0.25, 0.3) is 0 Å². The van der Waals surface area contributed by atoms with Gasteiger partial charge in [0.05, 0.1) is 0 Å². The lowest BCUT2D eigenvalue weighted by molar-refractivity contribution is 0.341. The van der Waals surface area contributed by atoms with E-state index in [-0.39, 0.29) is 0 Å². The van der Waals surface area contributed by atoms with E-state index in [1.807, 2.05) is 0 Å². The summed E-state index contributed by atoms with van der Waals surface area (Å²) in [5, 5.41) is 0. The van der Waals surface area contributed by atoms with Crippen molar-refractivity contribution in [1.82, 2.24) is 0 Å². The van der Waals surface area contributed by atoms with E-state index >= 15 is 0 Å². The Bertz CT molecular complexity index is 244. The van der Waals surface area contributed by atoms with Gasteiger partial charge in [0.15, 0.2) is 0 Å². The first kappa shape index (κ1) is 26.0. The van der Waals surface area contributed by atoms with E-state index in [1.165, 1.54) is 128 Å². The lowest BCUT2D eigenvalue weighted by Crippen LogP contribution is -2.07. The van der Waals surface area contributed by atoms with E-state index in [0.29, 0.717) is 5.92 Å². The zero-order chi connectivity index (χ0) is 19.3. The molecule has 0 fully saturated rings. The quantitative estimate of drug-likeness (QED) is 0.177. The average Bonchev–Trinajstić information content (AvgIpc) is 2.62. The van der Waals surface area contributed by atoms with Crippen LogP contribution in [-0.2, 0) is 0 Å². The van der Waals surface area contributed by atoms with E-state index in [0.717, 1.165) is 5.92 Å². The molecule has 0 heteroatoms. The topological polar surface area (TPSA) is 0 Å². The summed E-state index contributed by atoms with van der Waals surface area (Å²) in [6.45, 7) is 11.3. The summed E-state index contributed by atoms with van der Waals surface area (Å²) in [5.41, 5.74) is 0. The van der Waals surface area contributed by atoms with Crippen LogP contribution in [0.3, 0.4) is 0 Å². The maximum atomic E-state index is 4.37. The standard InChI is InChI=1S/C26H53/c1-5-8-9-10-11-12-13-14-15-16-17-18-19-20-23-26(22-7-3)24-25(4)21-6-2/h25-26H,4-24H2,1-3H3. The Morgan fingerprint density at radius 3 is 1.31 bits per heavy atom. The molecule has 0 saturated heterocycles. The third-order valence-corrected chi connectivity index (χ3v) is 6.03. The van der Waals surface area contributed by atoms with Crippen LogP contribution in [0.25, 0.3) is 0 Å². The average molecular weight is 366 g/mol. The fourth-order valence-corrected chi connectivity index (χ4v) is 4.41. The van der Waals surface area contributed by atoms with Gasteiger partial charge in [0.2, 0.25) is 0 Å². The number of rotatable bonds is 21. The second-order valence-electron chi connectivity index (χ2n) is 8.93. The van der Waals surface area contributed by atoms with Gasteiger partial charge in [0, 0.05) is 0 Å². The van der Waals surface area contributed by atoms with E-state index < -0.39 is 0 Å². The molecule has 2 atom stereocenters. The predicted molar refractivity (Wildman–Crippen MR) is 122 cm³/mol. The molecule has 0 N–H and O–H groups in total. The van der Waals surface area contributed by atoms with Crippen LogP contribution in [0.5, 0.6) is 0 Å². The number of hydrogen-bond acceptors (Lipinski definition) is 0. The van der Waals surface area contributed by atoms with Crippen LogP contribution in [0, 0.1) is 18.8 Å². The highest BCUT2D eigenvalue weighted by Gasteiger charge is 2.12. The van der Waals surface area contributed by atoms with Crippen molar-refractivity contribution in [1.29, 1.82) is 0 Å². The first-order valence-corrected chi connectivity index (χ1v) is 12.6. The highest BCUT2D eigenvalue weighted by Crippen LogP contribution is 2.25. The van der Waals surface area contributed by atoms with Crippen molar-refractivity contribution in [3.8, 4) is 0 Å². The minimum atomic E-state index is 0.697. The first-order valence-electron chi connectivity index (χ1n) is 12.6. The minimum Gasteiger partial charge on any atom is -0.0654 e. The van der Waals surface area contributed by atoms with E-state index in [9.17, 15) is 0 Å². The van der Waals surface area contributed by atoms with Crippen molar-refractivity contribution in [2.24, 2.45) is 11.8 Å². The summed E-state index contributed by atoms with van der Waals surface area (Å²) >= 11 is 0. The van der Waals surface area contributed by atoms with Crippen LogP contribution in [0.15, 0.2) is 0 Å². The van der Waals surface area contributed by atoms with Crippen LogP contribution in [0.4, 0.5) is 0 Å². The summed E-state index contributed by atoms with van der Waals surface area (Å²) < 4.78 is 0. The molecule has 0 aliphatic carbocycles. The molecule has 0 spiro atoms. The Labute approximate surface area is 168 Å². The Kier molecular flexibility index (Phi) is 21.3. The Hall–Kier alpha value is 0. The third-order valence-electron chi connectivity index (χ3n) is 6.03. The molecule has 0 aromatic carbocycles. The smallest absolute Gasteiger partial charge is 0.0412 e. The first-order chi connectivity index (χ1) is 12.7. The van der Waals surface area contributed by atoms with Gasteiger partial charge in [-0.15, -0.1) is 0 Å². The van der Waals surface area contributed by atoms with Crippen LogP contribution >= 0.6 is 0 Å². The molecule has 0 aliphatic rings. The van der Waals surface area contributed by atoms with Crippen molar-refractivity contribution in [2.75, 3.05) is 0 Å². The molecule has 1 radical (unpaired) electrons. The normalized spacial score (nSPS) is 13.8. The van der Waals surface area contributed by atoms with Gasteiger partial charge in [-0.1, -0.05) is 150 Å². The highest BCUT2D eigenvalue weighted by molar-refractivity contribution is 4.68. The zero-order valence-electron chi connectivity index (χ0n) is 19.0. The van der Waals surface area contributed by atoms with Crippen molar-refractivity contribution in [3.63, 3.8) is 0 Å². The molecule has 26 heavy (non-hydrogen) atoms. The summed E-state index contributed by atoms with van der Waals surface area (Å²) in [6.07, 6.45) is 28.7. The van der Waals surface area contributed by atoms with Gasteiger partial charge in [-0.3, -0.25) is 0 Å². The Morgan fingerprint density at radius 1 is 0.462 bits per heavy atom. The molecule has 0 nitrogen and oxygen atoms in total. The third kappa shape index (κ3) is 18.8. The van der Waals surface area contributed by atoms with E-state index in [2.05, 4.69) is 27.7 Å². The van der Waals surface area contributed by atoms with Crippen molar-refractivity contribution in [2.45, 2.75) is 149 Å². The van der Waals surface area contributed by atoms with Gasteiger partial charge in [-0.05, 0) is 18.3 Å². The fraction of sp³-hybridized carbons (Fsp3) is 0.962. The van der Waals surface area contributed by atoms with Crippen molar-refractivity contribution < 1.29 is 0 Å². The van der Waals surface area contributed by atoms with Gasteiger partial charge in [-0.2, -0.15) is 0 Å². The molecule has 0 aromatic rings. The molecule has 0 amide bonds. The Morgan fingerprint density at radius 2 is 0.885 bits per heavy atom. The maximum Gasteiger partial charge on any atom is -0.0412 e. The zero-order valence-corrected chi connectivity index (χ0v) is 19.0. The maximum absolute atomic E-state index is 4.37. The van der Waals surface area contributed by atoms with Crippen LogP contribution in [-0.4, -0.2) is 0 Å². The molecule has 0 bridgehead atoms. The van der Waals surface area contributed by atoms with Gasteiger partial charge in [0.1, 0.15) is 0 Å². The Balaban J connectivity index is 3.37. The van der Waals surface area contributed by atoms with E-state index in [1.54, 1.807) is 0 Å². The summed E-state index contributed by atoms with van der Waals surface area (Å²) in [6, 6.07) is 0. The summed E-state index contributed by atoms with van der Waals surface area (Å²) in [7, 11) is 0. The van der Waals surface area contributed by atoms with Crippen molar-refractivity contribution >= 4 is 0 Å². The molecule has 0 heterocycles. The molecule has 0 rings (SSSR count). The molecule has 0 aliphatic heterocycles. The minimum absolute atomic E-state index is 0.697. The fourth-order valence-electron chi connectivity index (χ4n) is 4.41. The van der Waals surface area contributed by atoms with Crippen LogP contribution in [0.1, 0.15) is 149 Å². The molecular formula is C26H53. The lowest BCUT2D eigenvalue weighted by Gasteiger charge is -2.20. The molecule has 0 saturated carbocycles. The summed E-state index contributed by atoms with van der Waals surface area (Å²) in [5.74, 6) is 1.65. The van der Waals surface area contributed by atoms with Crippen LogP contribution in [0.2, 0.25) is 0 Å². The number of unbranched alkanes of at least 4 members (excludes halogenated alkanes) is 13.